The van der Waals surface area contributed by atoms with Gasteiger partial charge in [0, 0.05) is 18.3 Å². The Morgan fingerprint density at radius 3 is 2.75 bits per heavy atom. The Morgan fingerprint density at radius 2 is 2.00 bits per heavy atom. The fraction of sp³-hybridized carbons (Fsp3) is 0.133. The second kappa shape index (κ2) is 5.52. The molecule has 1 amide bonds. The number of pyridine rings is 1. The molecular weight excluding hydrogens is 252 g/mol. The van der Waals surface area contributed by atoms with Crippen molar-refractivity contribution in [1.82, 2.24) is 10.3 Å². The normalized spacial score (nSPS) is 13.5. The number of benzene rings is 1. The number of hydrogen-bond acceptors (Lipinski definition) is 4. The molecule has 1 aliphatic rings. The van der Waals surface area contributed by atoms with Crippen molar-refractivity contribution in [2.24, 2.45) is 4.99 Å². The zero-order valence-corrected chi connectivity index (χ0v) is 10.8. The summed E-state index contributed by atoms with van der Waals surface area (Å²) >= 11 is 0. The molecule has 0 atom stereocenters. The quantitative estimate of drug-likeness (QED) is 0.888. The zero-order chi connectivity index (χ0) is 13.8. The maximum absolute atomic E-state index is 12.1. The van der Waals surface area contributed by atoms with Gasteiger partial charge in [0.25, 0.3) is 5.91 Å². The summed E-state index contributed by atoms with van der Waals surface area (Å²) in [5, 5.41) is 6.09. The van der Waals surface area contributed by atoms with Gasteiger partial charge >= 0.3 is 0 Å². The summed E-state index contributed by atoms with van der Waals surface area (Å²) in [7, 11) is 0. The van der Waals surface area contributed by atoms with Gasteiger partial charge in [-0.3, -0.25) is 14.8 Å². The number of aliphatic imine (C=N–C) groups is 1. The van der Waals surface area contributed by atoms with Crippen molar-refractivity contribution in [3.05, 3.63) is 59.9 Å². The Kier molecular flexibility index (Phi) is 3.41. The molecule has 1 aromatic carbocycles. The van der Waals surface area contributed by atoms with Gasteiger partial charge in [-0.1, -0.05) is 18.2 Å². The molecule has 1 aromatic heterocycles. The van der Waals surface area contributed by atoms with Gasteiger partial charge in [-0.05, 0) is 24.3 Å². The number of aromatic nitrogens is 1. The third kappa shape index (κ3) is 2.51. The summed E-state index contributed by atoms with van der Waals surface area (Å²) in [5.41, 5.74) is 2.02. The summed E-state index contributed by atoms with van der Waals surface area (Å²) in [6.45, 7) is 1.59. The van der Waals surface area contributed by atoms with Crippen LogP contribution < -0.4 is 10.6 Å². The maximum Gasteiger partial charge on any atom is 0.274 e. The SMILES string of the molecule is O=C(Nc1ccccc1C1=NCCN1)c1ccccn1. The van der Waals surface area contributed by atoms with E-state index < -0.39 is 0 Å². The summed E-state index contributed by atoms with van der Waals surface area (Å²) in [6.07, 6.45) is 1.60. The van der Waals surface area contributed by atoms with E-state index in [1.165, 1.54) is 0 Å². The number of carbonyl (C=O) groups is 1. The number of hydrogen-bond donors (Lipinski definition) is 2. The van der Waals surface area contributed by atoms with Crippen LogP contribution in [-0.4, -0.2) is 29.8 Å². The minimum Gasteiger partial charge on any atom is -0.368 e. The lowest BCUT2D eigenvalue weighted by Crippen LogP contribution is -2.22. The molecule has 0 unspecified atom stereocenters. The van der Waals surface area contributed by atoms with Crippen LogP contribution in [-0.2, 0) is 0 Å². The average Bonchev–Trinajstić information content (AvgIpc) is 3.03. The Balaban J connectivity index is 1.86. The van der Waals surface area contributed by atoms with Gasteiger partial charge in [-0.25, -0.2) is 0 Å². The lowest BCUT2D eigenvalue weighted by molar-refractivity contribution is 0.102. The first-order valence-corrected chi connectivity index (χ1v) is 6.45. The van der Waals surface area contributed by atoms with E-state index in [1.807, 2.05) is 24.3 Å². The molecule has 0 radical (unpaired) electrons. The van der Waals surface area contributed by atoms with Gasteiger partial charge < -0.3 is 10.6 Å². The molecular formula is C15H14N4O. The van der Waals surface area contributed by atoms with E-state index in [-0.39, 0.29) is 5.91 Å². The molecule has 0 saturated carbocycles. The van der Waals surface area contributed by atoms with Crippen LogP contribution >= 0.6 is 0 Å². The summed E-state index contributed by atoms with van der Waals surface area (Å²) in [6, 6.07) is 12.9. The summed E-state index contributed by atoms with van der Waals surface area (Å²) < 4.78 is 0. The van der Waals surface area contributed by atoms with E-state index in [9.17, 15) is 4.79 Å². The van der Waals surface area contributed by atoms with Gasteiger partial charge in [0.1, 0.15) is 11.5 Å². The second-order valence-electron chi connectivity index (χ2n) is 4.37. The number of anilines is 1. The molecule has 0 aliphatic carbocycles. The van der Waals surface area contributed by atoms with Crippen LogP contribution in [0.15, 0.2) is 53.7 Å². The minimum absolute atomic E-state index is 0.225. The lowest BCUT2D eigenvalue weighted by atomic mass is 10.1. The van der Waals surface area contributed by atoms with Crippen molar-refractivity contribution >= 4 is 17.4 Å². The predicted octanol–water partition coefficient (Wildman–Crippen LogP) is 1.68. The zero-order valence-electron chi connectivity index (χ0n) is 10.8. The number of rotatable bonds is 3. The highest BCUT2D eigenvalue weighted by atomic mass is 16.1. The number of amidine groups is 1. The Hall–Kier alpha value is -2.69. The van der Waals surface area contributed by atoms with Gasteiger partial charge in [-0.2, -0.15) is 0 Å². The van der Waals surface area contributed by atoms with E-state index in [1.54, 1.807) is 24.4 Å². The van der Waals surface area contributed by atoms with Crippen molar-refractivity contribution < 1.29 is 4.79 Å². The molecule has 0 saturated heterocycles. The third-order valence-electron chi connectivity index (χ3n) is 3.00. The van der Waals surface area contributed by atoms with Crippen LogP contribution in [0.25, 0.3) is 0 Å². The van der Waals surface area contributed by atoms with Crippen LogP contribution in [0.2, 0.25) is 0 Å². The van der Waals surface area contributed by atoms with Crippen LogP contribution in [0.1, 0.15) is 16.1 Å². The van der Waals surface area contributed by atoms with Crippen LogP contribution in [0.4, 0.5) is 5.69 Å². The minimum atomic E-state index is -0.225. The number of carbonyl (C=O) groups excluding carboxylic acids is 1. The van der Waals surface area contributed by atoms with Crippen LogP contribution in [0.3, 0.4) is 0 Å². The first-order chi connectivity index (χ1) is 9.84. The summed E-state index contributed by atoms with van der Waals surface area (Å²) in [4.78, 5) is 20.6. The van der Waals surface area contributed by atoms with Crippen molar-refractivity contribution in [2.75, 3.05) is 18.4 Å². The van der Waals surface area contributed by atoms with E-state index in [4.69, 9.17) is 0 Å². The monoisotopic (exact) mass is 266 g/mol. The predicted molar refractivity (Wildman–Crippen MR) is 78.0 cm³/mol. The Labute approximate surface area is 116 Å². The first kappa shape index (κ1) is 12.3. The molecule has 2 N–H and O–H groups in total. The topological polar surface area (TPSA) is 66.4 Å². The maximum atomic E-state index is 12.1. The number of para-hydroxylation sites is 1. The lowest BCUT2D eigenvalue weighted by Gasteiger charge is -2.11. The fourth-order valence-corrected chi connectivity index (χ4v) is 2.06. The largest absolute Gasteiger partial charge is 0.368 e. The average molecular weight is 266 g/mol. The van der Waals surface area contributed by atoms with Crippen LogP contribution in [0.5, 0.6) is 0 Å². The van der Waals surface area contributed by atoms with Crippen LogP contribution in [0, 0.1) is 0 Å². The van der Waals surface area contributed by atoms with Gasteiger partial charge in [-0.15, -0.1) is 0 Å². The molecule has 1 aliphatic heterocycles. The van der Waals surface area contributed by atoms with E-state index in [0.29, 0.717) is 5.69 Å². The van der Waals surface area contributed by atoms with E-state index in [0.717, 1.165) is 30.2 Å². The molecule has 3 rings (SSSR count). The molecule has 5 nitrogen and oxygen atoms in total. The molecule has 100 valence electrons. The van der Waals surface area contributed by atoms with Crippen molar-refractivity contribution in [3.63, 3.8) is 0 Å². The number of nitrogens with zero attached hydrogens (tertiary/aromatic N) is 2. The van der Waals surface area contributed by atoms with Crippen molar-refractivity contribution in [2.45, 2.75) is 0 Å². The molecule has 0 bridgehead atoms. The van der Waals surface area contributed by atoms with Gasteiger partial charge in [0.15, 0.2) is 0 Å². The highest BCUT2D eigenvalue weighted by Crippen LogP contribution is 2.17. The van der Waals surface area contributed by atoms with E-state index in [2.05, 4.69) is 20.6 Å². The Bertz CT molecular complexity index is 652. The highest BCUT2D eigenvalue weighted by molar-refractivity contribution is 6.10. The fourth-order valence-electron chi connectivity index (χ4n) is 2.06. The first-order valence-electron chi connectivity index (χ1n) is 6.45. The molecule has 0 spiro atoms. The molecule has 20 heavy (non-hydrogen) atoms. The molecule has 0 fully saturated rings. The number of nitrogens with one attached hydrogen (secondary N) is 2. The smallest absolute Gasteiger partial charge is 0.274 e. The second-order valence-corrected chi connectivity index (χ2v) is 4.37. The molecule has 2 heterocycles. The third-order valence-corrected chi connectivity index (χ3v) is 3.00. The molecule has 2 aromatic rings. The van der Waals surface area contributed by atoms with Gasteiger partial charge in [0.2, 0.25) is 0 Å². The van der Waals surface area contributed by atoms with Crippen molar-refractivity contribution in [3.8, 4) is 0 Å². The molecule has 5 heteroatoms. The number of amides is 1. The Morgan fingerprint density at radius 1 is 1.15 bits per heavy atom. The summed E-state index contributed by atoms with van der Waals surface area (Å²) in [5.74, 6) is 0.596. The standard InChI is InChI=1S/C15H14N4O/c20-15(13-7-3-4-8-16-13)19-12-6-2-1-5-11(12)14-17-9-10-18-14/h1-8H,9-10H2,(H,17,18)(H,19,20). The van der Waals surface area contributed by atoms with E-state index >= 15 is 0 Å². The van der Waals surface area contributed by atoms with Gasteiger partial charge in [0.05, 0.1) is 12.2 Å². The highest BCUT2D eigenvalue weighted by Gasteiger charge is 2.14. The van der Waals surface area contributed by atoms with Crippen molar-refractivity contribution in [1.29, 1.82) is 0 Å².